The van der Waals surface area contributed by atoms with Gasteiger partial charge in [-0.2, -0.15) is 0 Å². The Kier molecular flexibility index (Phi) is 6.89. The molecule has 1 atom stereocenters. The van der Waals surface area contributed by atoms with Gasteiger partial charge >= 0.3 is 5.97 Å². The van der Waals surface area contributed by atoms with Crippen LogP contribution in [-0.4, -0.2) is 25.9 Å². The summed E-state index contributed by atoms with van der Waals surface area (Å²) in [7, 11) is -3.76. The predicted molar refractivity (Wildman–Crippen MR) is 98.9 cm³/mol. The second-order valence-electron chi connectivity index (χ2n) is 5.59. The van der Waals surface area contributed by atoms with Gasteiger partial charge in [0.1, 0.15) is 6.10 Å². The molecule has 27 heavy (non-hydrogen) atoms. The number of non-ortho nitro benzene ring substituents is 1. The van der Waals surface area contributed by atoms with E-state index < -0.39 is 27.0 Å². The fraction of sp³-hybridized carbons (Fsp3) is 0.235. The second-order valence-corrected chi connectivity index (χ2v) is 7.79. The smallest absolute Gasteiger partial charge is 0.307 e. The van der Waals surface area contributed by atoms with Gasteiger partial charge in [0.15, 0.2) is 0 Å². The minimum atomic E-state index is -3.76. The highest BCUT2D eigenvalue weighted by Gasteiger charge is 2.17. The summed E-state index contributed by atoms with van der Waals surface area (Å²) >= 11 is 5.72. The van der Waals surface area contributed by atoms with Crippen molar-refractivity contribution in [2.75, 3.05) is 6.54 Å². The summed E-state index contributed by atoms with van der Waals surface area (Å²) in [5, 5.41) is 11.2. The number of hydrogen-bond acceptors (Lipinski definition) is 6. The van der Waals surface area contributed by atoms with Crippen LogP contribution in [0.2, 0.25) is 5.02 Å². The summed E-state index contributed by atoms with van der Waals surface area (Å²) in [5.41, 5.74) is 0.366. The van der Waals surface area contributed by atoms with Crippen LogP contribution in [0.5, 0.6) is 0 Å². The van der Waals surface area contributed by atoms with Crippen LogP contribution in [0.15, 0.2) is 53.4 Å². The van der Waals surface area contributed by atoms with Gasteiger partial charge in [0, 0.05) is 23.7 Å². The highest BCUT2D eigenvalue weighted by Crippen LogP contribution is 2.22. The maximum absolute atomic E-state index is 12.1. The van der Waals surface area contributed by atoms with E-state index in [-0.39, 0.29) is 23.5 Å². The van der Waals surface area contributed by atoms with Crippen molar-refractivity contribution in [1.82, 2.24) is 4.72 Å². The van der Waals surface area contributed by atoms with Gasteiger partial charge in [0.2, 0.25) is 10.0 Å². The van der Waals surface area contributed by atoms with E-state index in [4.69, 9.17) is 16.3 Å². The molecule has 0 aliphatic heterocycles. The Morgan fingerprint density at radius 3 is 2.56 bits per heavy atom. The number of carbonyl (C=O) groups is 1. The lowest BCUT2D eigenvalue weighted by atomic mass is 10.1. The Bertz CT molecular complexity index is 931. The number of carbonyl (C=O) groups excluding carboxylic acids is 1. The molecular weight excluding hydrogens is 396 g/mol. The molecule has 0 aromatic heterocycles. The number of hydrogen-bond donors (Lipinski definition) is 1. The molecule has 0 fully saturated rings. The van der Waals surface area contributed by atoms with Crippen molar-refractivity contribution < 1.29 is 22.9 Å². The molecule has 0 radical (unpaired) electrons. The number of ether oxygens (including phenoxy) is 1. The van der Waals surface area contributed by atoms with Crippen molar-refractivity contribution >= 4 is 33.3 Å². The summed E-state index contributed by atoms with van der Waals surface area (Å²) in [6.07, 6.45) is -0.892. The zero-order valence-electron chi connectivity index (χ0n) is 14.3. The first-order chi connectivity index (χ1) is 12.7. The lowest BCUT2D eigenvalue weighted by Crippen LogP contribution is -2.27. The average molecular weight is 413 g/mol. The largest absolute Gasteiger partial charge is 0.458 e. The van der Waals surface area contributed by atoms with Gasteiger partial charge in [-0.25, -0.2) is 13.1 Å². The SMILES string of the molecule is C[C@H](OC(=O)CCNS(=O)(=O)c1ccc(Cl)cc1)c1cccc([N+](=O)[O-])c1. The lowest BCUT2D eigenvalue weighted by Gasteiger charge is -2.13. The number of rotatable bonds is 8. The third-order valence-electron chi connectivity index (χ3n) is 3.60. The number of nitro groups is 1. The van der Waals surface area contributed by atoms with Crippen LogP contribution < -0.4 is 4.72 Å². The number of benzene rings is 2. The molecule has 8 nitrogen and oxygen atoms in total. The normalized spacial score (nSPS) is 12.4. The minimum absolute atomic E-state index is 0.0326. The summed E-state index contributed by atoms with van der Waals surface area (Å²) in [6.45, 7) is 1.43. The van der Waals surface area contributed by atoms with Gasteiger partial charge in [0.25, 0.3) is 5.69 Å². The quantitative estimate of drug-likeness (QED) is 0.404. The predicted octanol–water partition coefficient (Wildman–Crippen LogP) is 3.22. The highest BCUT2D eigenvalue weighted by molar-refractivity contribution is 7.89. The first-order valence-corrected chi connectivity index (χ1v) is 9.74. The Balaban J connectivity index is 1.88. The molecule has 0 aliphatic carbocycles. The van der Waals surface area contributed by atoms with E-state index in [1.807, 2.05) is 0 Å². The van der Waals surface area contributed by atoms with Crippen molar-refractivity contribution in [3.8, 4) is 0 Å². The van der Waals surface area contributed by atoms with Crippen molar-refractivity contribution in [3.05, 3.63) is 69.2 Å². The van der Waals surface area contributed by atoms with Crippen molar-refractivity contribution in [1.29, 1.82) is 0 Å². The molecular formula is C17H17ClN2O6S. The lowest BCUT2D eigenvalue weighted by molar-refractivity contribution is -0.385. The average Bonchev–Trinajstić information content (AvgIpc) is 2.62. The Labute approximate surface area is 161 Å². The molecule has 2 aromatic rings. The molecule has 0 spiro atoms. The third-order valence-corrected chi connectivity index (χ3v) is 5.33. The molecule has 2 aromatic carbocycles. The first kappa shape index (κ1) is 20.8. The van der Waals surface area contributed by atoms with Crippen LogP contribution in [0, 0.1) is 10.1 Å². The number of halogens is 1. The summed E-state index contributed by atoms with van der Waals surface area (Å²) in [6, 6.07) is 11.4. The van der Waals surface area contributed by atoms with Crippen LogP contribution in [0.25, 0.3) is 0 Å². The van der Waals surface area contributed by atoms with Crippen LogP contribution in [-0.2, 0) is 19.6 Å². The van der Waals surface area contributed by atoms with Crippen LogP contribution in [0.1, 0.15) is 25.0 Å². The Morgan fingerprint density at radius 1 is 1.26 bits per heavy atom. The van der Waals surface area contributed by atoms with Gasteiger partial charge in [-0.05, 0) is 36.8 Å². The topological polar surface area (TPSA) is 116 Å². The zero-order chi connectivity index (χ0) is 20.0. The number of nitrogens with one attached hydrogen (secondary N) is 1. The number of nitrogens with zero attached hydrogens (tertiary/aromatic N) is 1. The highest BCUT2D eigenvalue weighted by atomic mass is 35.5. The van der Waals surface area contributed by atoms with E-state index in [0.717, 1.165) is 0 Å². The monoisotopic (exact) mass is 412 g/mol. The first-order valence-electron chi connectivity index (χ1n) is 7.88. The number of sulfonamides is 1. The molecule has 0 aliphatic rings. The molecule has 0 unspecified atom stereocenters. The maximum Gasteiger partial charge on any atom is 0.307 e. The minimum Gasteiger partial charge on any atom is -0.458 e. The van der Waals surface area contributed by atoms with E-state index in [9.17, 15) is 23.3 Å². The number of nitro benzene ring substituents is 1. The van der Waals surface area contributed by atoms with E-state index in [2.05, 4.69) is 4.72 Å². The molecule has 1 N–H and O–H groups in total. The van der Waals surface area contributed by atoms with Crippen LogP contribution >= 0.6 is 11.6 Å². The fourth-order valence-electron chi connectivity index (χ4n) is 2.20. The Hall–Kier alpha value is -2.49. The molecule has 0 heterocycles. The van der Waals surface area contributed by atoms with E-state index in [0.29, 0.717) is 10.6 Å². The zero-order valence-corrected chi connectivity index (χ0v) is 15.9. The molecule has 0 bridgehead atoms. The van der Waals surface area contributed by atoms with Gasteiger partial charge in [0.05, 0.1) is 16.2 Å². The molecule has 10 heteroatoms. The summed E-state index contributed by atoms with van der Waals surface area (Å²) in [4.78, 5) is 22.2. The maximum atomic E-state index is 12.1. The molecule has 0 saturated heterocycles. The van der Waals surface area contributed by atoms with Crippen molar-refractivity contribution in [2.45, 2.75) is 24.3 Å². The summed E-state index contributed by atoms with van der Waals surface area (Å²) < 4.78 is 31.7. The van der Waals surface area contributed by atoms with Gasteiger partial charge in [-0.15, -0.1) is 0 Å². The van der Waals surface area contributed by atoms with E-state index >= 15 is 0 Å². The number of esters is 1. The molecule has 2 rings (SSSR count). The van der Waals surface area contributed by atoms with E-state index in [1.165, 1.54) is 42.5 Å². The van der Waals surface area contributed by atoms with Gasteiger partial charge in [-0.1, -0.05) is 23.7 Å². The molecule has 0 saturated carbocycles. The summed E-state index contributed by atoms with van der Waals surface area (Å²) in [5.74, 6) is -0.632. The Morgan fingerprint density at radius 2 is 1.93 bits per heavy atom. The molecule has 0 amide bonds. The third kappa shape index (κ3) is 6.02. The second kappa shape index (κ2) is 8.94. The van der Waals surface area contributed by atoms with Crippen molar-refractivity contribution in [3.63, 3.8) is 0 Å². The van der Waals surface area contributed by atoms with Crippen molar-refractivity contribution in [2.24, 2.45) is 0 Å². The van der Waals surface area contributed by atoms with Gasteiger partial charge in [-0.3, -0.25) is 14.9 Å². The fourth-order valence-corrected chi connectivity index (χ4v) is 3.36. The van der Waals surface area contributed by atoms with Gasteiger partial charge < -0.3 is 4.74 Å². The standard InChI is InChI=1S/C17H17ClN2O6S/c1-12(13-3-2-4-15(11-13)20(22)23)26-17(21)9-10-19-27(24,25)16-7-5-14(18)6-8-16/h2-8,11-12,19H,9-10H2,1H3/t12-/m0/s1. The molecule has 144 valence electrons. The van der Waals surface area contributed by atoms with Crippen LogP contribution in [0.3, 0.4) is 0 Å². The van der Waals surface area contributed by atoms with Crippen LogP contribution in [0.4, 0.5) is 5.69 Å². The van der Waals surface area contributed by atoms with E-state index in [1.54, 1.807) is 13.0 Å².